The molecule has 0 spiro atoms. The summed E-state index contributed by atoms with van der Waals surface area (Å²) in [6.45, 7) is 1.73. The normalized spacial score (nSPS) is 12.5. The molecule has 1 aromatic rings. The van der Waals surface area contributed by atoms with Gasteiger partial charge >= 0.3 is 0 Å². The first-order valence-electron chi connectivity index (χ1n) is 4.74. The molecule has 0 aliphatic carbocycles. The van der Waals surface area contributed by atoms with Crippen LogP contribution in [-0.2, 0) is 0 Å². The van der Waals surface area contributed by atoms with Crippen molar-refractivity contribution in [3.8, 4) is 5.75 Å². The lowest BCUT2D eigenvalue weighted by atomic mass is 10.1. The Balaban J connectivity index is 2.68. The van der Waals surface area contributed by atoms with Gasteiger partial charge in [-0.1, -0.05) is 12.1 Å². The smallest absolute Gasteiger partial charge is 0.123 e. The van der Waals surface area contributed by atoms with E-state index in [-0.39, 0.29) is 12.6 Å². The van der Waals surface area contributed by atoms with E-state index in [0.717, 1.165) is 11.3 Å². The predicted octanol–water partition coefficient (Wildman–Crippen LogP) is 2.32. The van der Waals surface area contributed by atoms with Crippen LogP contribution in [0, 0.1) is 0 Å². The van der Waals surface area contributed by atoms with Crippen molar-refractivity contribution in [1.29, 1.82) is 0 Å². The molecule has 1 atom stereocenters. The van der Waals surface area contributed by atoms with Crippen LogP contribution in [0.5, 0.6) is 5.75 Å². The minimum absolute atomic E-state index is 0.122. The molecule has 0 aliphatic rings. The summed E-state index contributed by atoms with van der Waals surface area (Å²) in [6, 6.07) is 7.97. The van der Waals surface area contributed by atoms with Gasteiger partial charge in [-0.25, -0.2) is 4.39 Å². The second-order valence-corrected chi connectivity index (χ2v) is 3.12. The molecule has 0 aromatic heterocycles. The highest BCUT2D eigenvalue weighted by Gasteiger charge is 2.03. The number of hydrogen-bond acceptors (Lipinski definition) is 2. The Hall–Kier alpha value is -1.09. The second-order valence-electron chi connectivity index (χ2n) is 3.12. The molecule has 0 saturated heterocycles. The SMILES string of the molecule is CNC(C)c1cccc(OCCF)c1. The number of benzene rings is 1. The van der Waals surface area contributed by atoms with E-state index in [1.54, 1.807) is 0 Å². The molecular weight excluding hydrogens is 181 g/mol. The first kappa shape index (κ1) is 11.0. The summed E-state index contributed by atoms with van der Waals surface area (Å²) < 4.78 is 17.1. The topological polar surface area (TPSA) is 21.3 Å². The van der Waals surface area contributed by atoms with E-state index in [2.05, 4.69) is 12.2 Å². The van der Waals surface area contributed by atoms with Crippen molar-refractivity contribution >= 4 is 0 Å². The standard InChI is InChI=1S/C11H16FNO/c1-9(13-2)10-4-3-5-11(8-10)14-7-6-12/h3-5,8-9,13H,6-7H2,1-2H3. The quantitative estimate of drug-likeness (QED) is 0.782. The monoisotopic (exact) mass is 197 g/mol. The molecule has 1 N–H and O–H groups in total. The summed E-state index contributed by atoms with van der Waals surface area (Å²) in [6.07, 6.45) is 0. The largest absolute Gasteiger partial charge is 0.491 e. The number of hydrogen-bond donors (Lipinski definition) is 1. The summed E-state index contributed by atoms with van der Waals surface area (Å²) in [5.41, 5.74) is 1.14. The molecule has 2 nitrogen and oxygen atoms in total. The van der Waals surface area contributed by atoms with Crippen LogP contribution in [0.15, 0.2) is 24.3 Å². The lowest BCUT2D eigenvalue weighted by Crippen LogP contribution is -2.12. The third-order valence-electron chi connectivity index (χ3n) is 2.14. The Kier molecular flexibility index (Phi) is 4.40. The van der Waals surface area contributed by atoms with Crippen molar-refractivity contribution in [2.24, 2.45) is 0 Å². The van der Waals surface area contributed by atoms with Gasteiger partial charge in [-0.05, 0) is 31.7 Å². The van der Waals surface area contributed by atoms with Gasteiger partial charge in [0.05, 0.1) is 0 Å². The summed E-state index contributed by atoms with van der Waals surface area (Å²) >= 11 is 0. The number of rotatable bonds is 5. The Morgan fingerprint density at radius 3 is 2.93 bits per heavy atom. The van der Waals surface area contributed by atoms with Gasteiger partial charge in [0.1, 0.15) is 19.0 Å². The van der Waals surface area contributed by atoms with E-state index >= 15 is 0 Å². The van der Waals surface area contributed by atoms with Crippen molar-refractivity contribution in [1.82, 2.24) is 5.32 Å². The Morgan fingerprint density at radius 2 is 2.29 bits per heavy atom. The third kappa shape index (κ3) is 3.00. The first-order chi connectivity index (χ1) is 6.77. The predicted molar refractivity (Wildman–Crippen MR) is 55.4 cm³/mol. The Labute approximate surface area is 84.1 Å². The minimum atomic E-state index is -0.453. The van der Waals surface area contributed by atoms with Crippen molar-refractivity contribution in [2.45, 2.75) is 13.0 Å². The van der Waals surface area contributed by atoms with Gasteiger partial charge in [-0.2, -0.15) is 0 Å². The molecule has 0 saturated carbocycles. The average molecular weight is 197 g/mol. The number of ether oxygens (including phenoxy) is 1. The summed E-state index contributed by atoms with van der Waals surface area (Å²) in [5.74, 6) is 0.724. The number of halogens is 1. The fourth-order valence-corrected chi connectivity index (χ4v) is 1.20. The lowest BCUT2D eigenvalue weighted by molar-refractivity contribution is 0.273. The van der Waals surface area contributed by atoms with Gasteiger partial charge < -0.3 is 10.1 Å². The zero-order valence-electron chi connectivity index (χ0n) is 8.59. The zero-order valence-corrected chi connectivity index (χ0v) is 8.59. The van der Waals surface area contributed by atoms with Crippen LogP contribution in [0.1, 0.15) is 18.5 Å². The van der Waals surface area contributed by atoms with E-state index < -0.39 is 6.67 Å². The van der Waals surface area contributed by atoms with Gasteiger partial charge in [0, 0.05) is 6.04 Å². The highest BCUT2D eigenvalue weighted by molar-refractivity contribution is 5.30. The molecule has 1 rings (SSSR count). The van der Waals surface area contributed by atoms with Gasteiger partial charge in [0.15, 0.2) is 0 Å². The van der Waals surface area contributed by atoms with E-state index in [4.69, 9.17) is 4.74 Å². The van der Waals surface area contributed by atoms with E-state index in [1.807, 2.05) is 31.3 Å². The van der Waals surface area contributed by atoms with Crippen LogP contribution in [-0.4, -0.2) is 20.3 Å². The molecule has 1 aromatic carbocycles. The van der Waals surface area contributed by atoms with Gasteiger partial charge in [0.25, 0.3) is 0 Å². The minimum Gasteiger partial charge on any atom is -0.491 e. The maximum absolute atomic E-state index is 11.9. The summed E-state index contributed by atoms with van der Waals surface area (Å²) in [7, 11) is 1.90. The molecular formula is C11H16FNO. The van der Waals surface area contributed by atoms with E-state index in [0.29, 0.717) is 0 Å². The van der Waals surface area contributed by atoms with E-state index in [1.165, 1.54) is 0 Å². The van der Waals surface area contributed by atoms with Crippen LogP contribution in [0.2, 0.25) is 0 Å². The van der Waals surface area contributed by atoms with Crippen molar-refractivity contribution in [2.75, 3.05) is 20.3 Å². The molecule has 0 bridgehead atoms. The molecule has 0 radical (unpaired) electrons. The highest BCUT2D eigenvalue weighted by Crippen LogP contribution is 2.18. The molecule has 0 amide bonds. The van der Waals surface area contributed by atoms with Crippen LogP contribution in [0.25, 0.3) is 0 Å². The fourth-order valence-electron chi connectivity index (χ4n) is 1.20. The molecule has 3 heteroatoms. The highest BCUT2D eigenvalue weighted by atomic mass is 19.1. The second kappa shape index (κ2) is 5.60. The van der Waals surface area contributed by atoms with Gasteiger partial charge in [-0.3, -0.25) is 0 Å². The zero-order chi connectivity index (χ0) is 10.4. The average Bonchev–Trinajstić information content (AvgIpc) is 2.25. The maximum atomic E-state index is 11.9. The summed E-state index contributed by atoms with van der Waals surface area (Å²) in [4.78, 5) is 0. The van der Waals surface area contributed by atoms with Crippen molar-refractivity contribution in [3.63, 3.8) is 0 Å². The van der Waals surface area contributed by atoms with Crippen LogP contribution in [0.4, 0.5) is 4.39 Å². The maximum Gasteiger partial charge on any atom is 0.123 e. The Bertz CT molecular complexity index is 278. The lowest BCUT2D eigenvalue weighted by Gasteiger charge is -2.12. The van der Waals surface area contributed by atoms with Crippen LogP contribution < -0.4 is 10.1 Å². The van der Waals surface area contributed by atoms with Crippen molar-refractivity contribution < 1.29 is 9.13 Å². The molecule has 14 heavy (non-hydrogen) atoms. The van der Waals surface area contributed by atoms with Crippen molar-refractivity contribution in [3.05, 3.63) is 29.8 Å². The summed E-state index contributed by atoms with van der Waals surface area (Å²) in [5, 5.41) is 3.13. The molecule has 0 aliphatic heterocycles. The van der Waals surface area contributed by atoms with Crippen LogP contribution in [0.3, 0.4) is 0 Å². The van der Waals surface area contributed by atoms with Gasteiger partial charge in [-0.15, -0.1) is 0 Å². The number of alkyl halides is 1. The molecule has 78 valence electrons. The molecule has 1 unspecified atom stereocenters. The Morgan fingerprint density at radius 1 is 1.50 bits per heavy atom. The molecule has 0 fully saturated rings. The molecule has 0 heterocycles. The first-order valence-corrected chi connectivity index (χ1v) is 4.74. The van der Waals surface area contributed by atoms with Gasteiger partial charge in [0.2, 0.25) is 0 Å². The van der Waals surface area contributed by atoms with E-state index in [9.17, 15) is 4.39 Å². The fraction of sp³-hybridized carbons (Fsp3) is 0.455. The third-order valence-corrected chi connectivity index (χ3v) is 2.14. The number of nitrogens with one attached hydrogen (secondary N) is 1. The van der Waals surface area contributed by atoms with Crippen LogP contribution >= 0.6 is 0 Å².